The molecule has 0 atom stereocenters. The van der Waals surface area contributed by atoms with E-state index in [0.29, 0.717) is 44.6 Å². The molecule has 3 fully saturated rings. The molecule has 0 unspecified atom stereocenters. The van der Waals surface area contributed by atoms with Crippen molar-refractivity contribution < 1.29 is 19.1 Å². The number of nitriles is 1. The first-order valence-electron chi connectivity index (χ1n) is 11.0. The summed E-state index contributed by atoms with van der Waals surface area (Å²) in [5.41, 5.74) is 0.790. The molecule has 32 heavy (non-hydrogen) atoms. The van der Waals surface area contributed by atoms with E-state index in [-0.39, 0.29) is 11.5 Å². The van der Waals surface area contributed by atoms with Gasteiger partial charge in [0.25, 0.3) is 11.8 Å². The van der Waals surface area contributed by atoms with Crippen molar-refractivity contribution in [3.05, 3.63) is 59.4 Å². The minimum absolute atomic E-state index is 0.00110. The highest BCUT2D eigenvalue weighted by Crippen LogP contribution is 2.48. The van der Waals surface area contributed by atoms with Gasteiger partial charge in [0.2, 0.25) is 0 Å². The fourth-order valence-electron chi connectivity index (χ4n) is 4.36. The number of hydrogen-bond acceptors (Lipinski definition) is 4. The smallest absolute Gasteiger partial charge is 0.256 e. The Bertz CT molecular complexity index is 1140. The highest BCUT2D eigenvalue weighted by Gasteiger charge is 2.50. The molecule has 5 rings (SSSR count). The number of benzene rings is 2. The molecule has 0 spiro atoms. The van der Waals surface area contributed by atoms with Crippen molar-refractivity contribution in [2.75, 3.05) is 26.2 Å². The molecular weight excluding hydrogens is 409 g/mol. The molecule has 2 aliphatic carbocycles. The molecule has 2 aromatic rings. The Hall–Kier alpha value is -3.24. The molecule has 1 saturated heterocycles. The van der Waals surface area contributed by atoms with Gasteiger partial charge in [0.05, 0.1) is 17.0 Å². The van der Waals surface area contributed by atoms with Gasteiger partial charge in [0.15, 0.2) is 0 Å². The van der Waals surface area contributed by atoms with Crippen LogP contribution < -0.4 is 0 Å². The van der Waals surface area contributed by atoms with Gasteiger partial charge in [-0.3, -0.25) is 9.59 Å². The van der Waals surface area contributed by atoms with Crippen LogP contribution in [0.4, 0.5) is 4.39 Å². The number of nitrogens with zero attached hydrogens (tertiary/aromatic N) is 3. The molecular formula is C25H24FN3O3. The van der Waals surface area contributed by atoms with Gasteiger partial charge < -0.3 is 14.9 Å². The maximum atomic E-state index is 14.9. The number of aliphatic hydroxyl groups is 1. The maximum Gasteiger partial charge on any atom is 0.256 e. The second-order valence-corrected chi connectivity index (χ2v) is 9.09. The first-order chi connectivity index (χ1) is 15.3. The molecule has 1 heterocycles. The zero-order valence-electron chi connectivity index (χ0n) is 17.7. The number of amides is 2. The maximum absolute atomic E-state index is 14.9. The summed E-state index contributed by atoms with van der Waals surface area (Å²) < 4.78 is 14.9. The molecule has 2 aromatic carbocycles. The van der Waals surface area contributed by atoms with Crippen LogP contribution >= 0.6 is 0 Å². The normalized spacial score (nSPS) is 20.4. The number of piperazine rings is 1. The molecule has 2 amide bonds. The van der Waals surface area contributed by atoms with E-state index in [1.54, 1.807) is 15.9 Å². The SMILES string of the molecule is N#CC1(c2cccc(-c3ccc(C(=O)N4CCN(C(=O)C5(O)CC5)CC4)c(F)c3)c2)CC1. The van der Waals surface area contributed by atoms with E-state index < -0.39 is 22.7 Å². The molecule has 164 valence electrons. The predicted octanol–water partition coefficient (Wildman–Crippen LogP) is 2.86. The number of hydrogen-bond donors (Lipinski definition) is 1. The molecule has 1 aliphatic heterocycles. The van der Waals surface area contributed by atoms with Crippen LogP contribution in [0.1, 0.15) is 41.6 Å². The summed E-state index contributed by atoms with van der Waals surface area (Å²) >= 11 is 0. The second-order valence-electron chi connectivity index (χ2n) is 9.09. The Morgan fingerprint density at radius 1 is 0.938 bits per heavy atom. The van der Waals surface area contributed by atoms with Crippen molar-refractivity contribution >= 4 is 11.8 Å². The van der Waals surface area contributed by atoms with Crippen molar-refractivity contribution in [3.8, 4) is 17.2 Å². The minimum atomic E-state index is -1.21. The van der Waals surface area contributed by atoms with Crippen LogP contribution in [-0.2, 0) is 10.2 Å². The topological polar surface area (TPSA) is 84.6 Å². The summed E-state index contributed by atoms with van der Waals surface area (Å²) in [5.74, 6) is -1.27. The van der Waals surface area contributed by atoms with Gasteiger partial charge in [-0.15, -0.1) is 0 Å². The summed E-state index contributed by atoms with van der Waals surface area (Å²) in [6.07, 6.45) is 2.66. The molecule has 0 bridgehead atoms. The average molecular weight is 433 g/mol. The largest absolute Gasteiger partial charge is 0.380 e. The molecule has 2 saturated carbocycles. The predicted molar refractivity (Wildman–Crippen MR) is 115 cm³/mol. The Morgan fingerprint density at radius 2 is 1.59 bits per heavy atom. The zero-order chi connectivity index (χ0) is 22.5. The van der Waals surface area contributed by atoms with Crippen molar-refractivity contribution in [2.45, 2.75) is 36.7 Å². The summed E-state index contributed by atoms with van der Waals surface area (Å²) in [6.45, 7) is 1.28. The lowest BCUT2D eigenvalue weighted by Gasteiger charge is -2.35. The third-order valence-corrected chi connectivity index (χ3v) is 6.89. The van der Waals surface area contributed by atoms with Crippen LogP contribution in [0.25, 0.3) is 11.1 Å². The summed E-state index contributed by atoms with van der Waals surface area (Å²) in [5, 5.41) is 19.4. The monoisotopic (exact) mass is 433 g/mol. The lowest BCUT2D eigenvalue weighted by atomic mass is 9.93. The van der Waals surface area contributed by atoms with Crippen LogP contribution in [0.3, 0.4) is 0 Å². The molecule has 7 heteroatoms. The van der Waals surface area contributed by atoms with E-state index in [2.05, 4.69) is 6.07 Å². The van der Waals surface area contributed by atoms with Gasteiger partial charge in [0.1, 0.15) is 11.4 Å². The van der Waals surface area contributed by atoms with Crippen LogP contribution in [0.15, 0.2) is 42.5 Å². The van der Waals surface area contributed by atoms with Crippen molar-refractivity contribution in [1.82, 2.24) is 9.80 Å². The van der Waals surface area contributed by atoms with E-state index in [4.69, 9.17) is 0 Å². The van der Waals surface area contributed by atoms with Crippen LogP contribution in [0.2, 0.25) is 0 Å². The molecule has 1 N–H and O–H groups in total. The first-order valence-corrected chi connectivity index (χ1v) is 11.0. The minimum Gasteiger partial charge on any atom is -0.380 e. The van der Waals surface area contributed by atoms with Crippen LogP contribution in [0.5, 0.6) is 0 Å². The lowest BCUT2D eigenvalue weighted by molar-refractivity contribution is -0.143. The van der Waals surface area contributed by atoms with Crippen molar-refractivity contribution in [3.63, 3.8) is 0 Å². The third-order valence-electron chi connectivity index (χ3n) is 6.89. The van der Waals surface area contributed by atoms with E-state index in [1.807, 2.05) is 24.3 Å². The fourth-order valence-corrected chi connectivity index (χ4v) is 4.36. The third kappa shape index (κ3) is 3.55. The Morgan fingerprint density at radius 3 is 2.19 bits per heavy atom. The average Bonchev–Trinajstić information content (AvgIpc) is 3.75. The van der Waals surface area contributed by atoms with E-state index in [1.165, 1.54) is 12.1 Å². The van der Waals surface area contributed by atoms with E-state index in [9.17, 15) is 24.3 Å². The number of rotatable bonds is 4. The Kier molecular flexibility index (Phi) is 4.79. The molecule has 6 nitrogen and oxygen atoms in total. The van der Waals surface area contributed by atoms with Gasteiger partial charge in [0, 0.05) is 26.2 Å². The molecule has 0 radical (unpaired) electrons. The fraction of sp³-hybridized carbons (Fsp3) is 0.400. The van der Waals surface area contributed by atoms with Crippen LogP contribution in [0, 0.1) is 17.1 Å². The Balaban J connectivity index is 1.29. The van der Waals surface area contributed by atoms with Gasteiger partial charge in [-0.2, -0.15) is 5.26 Å². The van der Waals surface area contributed by atoms with Gasteiger partial charge in [-0.05, 0) is 60.6 Å². The quantitative estimate of drug-likeness (QED) is 0.804. The van der Waals surface area contributed by atoms with Crippen molar-refractivity contribution in [1.29, 1.82) is 5.26 Å². The highest BCUT2D eigenvalue weighted by atomic mass is 19.1. The number of halogens is 1. The van der Waals surface area contributed by atoms with E-state index >= 15 is 0 Å². The summed E-state index contributed by atoms with van der Waals surface area (Å²) in [6, 6.07) is 14.6. The first kappa shape index (κ1) is 20.7. The number of carbonyl (C=O) groups is 2. The molecule has 0 aromatic heterocycles. The Labute approximate surface area is 185 Å². The second kappa shape index (κ2) is 7.42. The summed E-state index contributed by atoms with van der Waals surface area (Å²) in [4.78, 5) is 28.3. The van der Waals surface area contributed by atoms with Gasteiger partial charge in [-0.1, -0.05) is 24.3 Å². The van der Waals surface area contributed by atoms with Gasteiger partial charge in [-0.25, -0.2) is 4.39 Å². The van der Waals surface area contributed by atoms with Crippen molar-refractivity contribution in [2.24, 2.45) is 0 Å². The van der Waals surface area contributed by atoms with E-state index in [0.717, 1.165) is 24.0 Å². The zero-order valence-corrected chi connectivity index (χ0v) is 17.7. The standard InChI is InChI=1S/C25H24FN3O3/c26-21-15-18(17-2-1-3-19(14-17)24(16-27)6-7-24)4-5-20(21)22(30)28-10-12-29(13-11-28)23(31)25(32)8-9-25/h1-5,14-15,32H,6-13H2. The lowest BCUT2D eigenvalue weighted by Crippen LogP contribution is -2.53. The highest BCUT2D eigenvalue weighted by molar-refractivity contribution is 5.95. The van der Waals surface area contributed by atoms with Crippen LogP contribution in [-0.4, -0.2) is 58.5 Å². The van der Waals surface area contributed by atoms with Gasteiger partial charge >= 0.3 is 0 Å². The number of carbonyl (C=O) groups excluding carboxylic acids is 2. The molecule has 3 aliphatic rings. The summed E-state index contributed by atoms with van der Waals surface area (Å²) in [7, 11) is 0.